The summed E-state index contributed by atoms with van der Waals surface area (Å²) >= 11 is 6.09. The fourth-order valence-corrected chi connectivity index (χ4v) is 6.25. The van der Waals surface area contributed by atoms with Gasteiger partial charge in [0.15, 0.2) is 11.5 Å². The van der Waals surface area contributed by atoms with Crippen LogP contribution in [0.1, 0.15) is 47.5 Å². The number of carbonyl (C=O) groups excluding carboxylic acids is 2. The third kappa shape index (κ3) is 8.52. The number of piperidine rings is 1. The normalized spacial score (nSPS) is 16.9. The van der Waals surface area contributed by atoms with Gasteiger partial charge in [0.1, 0.15) is 0 Å². The molecule has 0 saturated carbocycles. The van der Waals surface area contributed by atoms with E-state index in [9.17, 15) is 9.59 Å². The van der Waals surface area contributed by atoms with Gasteiger partial charge in [-0.25, -0.2) is 14.8 Å². The van der Waals surface area contributed by atoms with Crippen LogP contribution in [0.5, 0.6) is 0 Å². The van der Waals surface area contributed by atoms with E-state index in [0.717, 1.165) is 65.2 Å². The van der Waals surface area contributed by atoms with Gasteiger partial charge < -0.3 is 30.9 Å². The number of hydrogen-bond donors (Lipinski definition) is 3. The number of esters is 1. The first-order valence-electron chi connectivity index (χ1n) is 16.1. The molecule has 2 saturated heterocycles. The molecule has 0 unspecified atom stereocenters. The van der Waals surface area contributed by atoms with Gasteiger partial charge in [-0.1, -0.05) is 48.0 Å². The minimum atomic E-state index is -1.27. The first-order valence-corrected chi connectivity index (χ1v) is 16.5. The van der Waals surface area contributed by atoms with Crippen LogP contribution in [0.3, 0.4) is 0 Å². The molecule has 2 aliphatic rings. The monoisotopic (exact) mass is 657 g/mol. The predicted molar refractivity (Wildman–Crippen MR) is 181 cm³/mol. The Labute approximate surface area is 279 Å². The first kappa shape index (κ1) is 32.6. The number of ether oxygens (including phenoxy) is 1. The molecule has 13 heteroatoms. The summed E-state index contributed by atoms with van der Waals surface area (Å²) < 4.78 is 7.72. The average molecular weight is 658 g/mol. The Morgan fingerprint density at radius 2 is 1.74 bits per heavy atom. The second-order valence-electron chi connectivity index (χ2n) is 11.9. The van der Waals surface area contributed by atoms with Crippen LogP contribution in [0.4, 0.5) is 11.5 Å². The molecule has 0 radical (unpaired) electrons. The topological polar surface area (TPSA) is 144 Å². The van der Waals surface area contributed by atoms with Gasteiger partial charge in [0.05, 0.1) is 24.1 Å². The zero-order chi connectivity index (χ0) is 32.6. The molecule has 2 aromatic carbocycles. The molecule has 2 aliphatic heterocycles. The molecule has 2 fully saturated rings. The summed E-state index contributed by atoms with van der Waals surface area (Å²) in [4.78, 5) is 40.6. The number of benzene rings is 2. The SMILES string of the molecule is Nc1ncc(-c2cnn(C3CCN(CCCN4CCNCC4)CC3)c2)nc1C(=O)O[C@@H](C(=O)Nc1cccc(Cl)c1)c1ccccc1. The Morgan fingerprint density at radius 3 is 2.49 bits per heavy atom. The number of amides is 1. The van der Waals surface area contributed by atoms with Gasteiger partial charge in [0.2, 0.25) is 6.10 Å². The highest BCUT2D eigenvalue weighted by molar-refractivity contribution is 6.30. The lowest BCUT2D eigenvalue weighted by atomic mass is 10.1. The minimum Gasteiger partial charge on any atom is -0.442 e. The fourth-order valence-electron chi connectivity index (χ4n) is 6.06. The Kier molecular flexibility index (Phi) is 10.7. The molecule has 1 amide bonds. The van der Waals surface area contributed by atoms with Gasteiger partial charge >= 0.3 is 5.97 Å². The van der Waals surface area contributed by atoms with Crippen LogP contribution in [0, 0.1) is 0 Å². The van der Waals surface area contributed by atoms with Crippen LogP contribution in [0.15, 0.2) is 73.2 Å². The van der Waals surface area contributed by atoms with Crippen LogP contribution in [-0.2, 0) is 9.53 Å². The summed E-state index contributed by atoms with van der Waals surface area (Å²) in [5.74, 6) is -1.53. The van der Waals surface area contributed by atoms with Gasteiger partial charge in [-0.15, -0.1) is 0 Å². The van der Waals surface area contributed by atoms with Crippen molar-refractivity contribution in [3.8, 4) is 11.3 Å². The molecule has 0 bridgehead atoms. The molecule has 0 spiro atoms. The zero-order valence-electron chi connectivity index (χ0n) is 26.2. The van der Waals surface area contributed by atoms with E-state index in [2.05, 4.69) is 35.5 Å². The van der Waals surface area contributed by atoms with Crippen LogP contribution in [-0.4, -0.2) is 93.8 Å². The third-order valence-electron chi connectivity index (χ3n) is 8.64. The Bertz CT molecular complexity index is 1650. The molecular formula is C34H40ClN9O3. The molecule has 1 atom stereocenters. The van der Waals surface area contributed by atoms with Crippen LogP contribution >= 0.6 is 11.6 Å². The summed E-state index contributed by atoms with van der Waals surface area (Å²) in [5, 5.41) is 11.3. The maximum Gasteiger partial charge on any atom is 0.361 e. The maximum atomic E-state index is 13.5. The summed E-state index contributed by atoms with van der Waals surface area (Å²) in [5.41, 5.74) is 8.00. The van der Waals surface area contributed by atoms with Crippen LogP contribution in [0.2, 0.25) is 5.02 Å². The van der Waals surface area contributed by atoms with Crippen molar-refractivity contribution in [3.63, 3.8) is 0 Å². The lowest BCUT2D eigenvalue weighted by Crippen LogP contribution is -2.44. The number of nitrogen functional groups attached to an aromatic ring is 1. The number of nitrogens with two attached hydrogens (primary N) is 1. The molecule has 2 aromatic heterocycles. The van der Waals surface area contributed by atoms with Crippen LogP contribution in [0.25, 0.3) is 11.3 Å². The van der Waals surface area contributed by atoms with Crippen molar-refractivity contribution < 1.29 is 14.3 Å². The summed E-state index contributed by atoms with van der Waals surface area (Å²) in [6.07, 6.45) is 7.11. The van der Waals surface area contributed by atoms with E-state index >= 15 is 0 Å². The highest BCUT2D eigenvalue weighted by atomic mass is 35.5. The molecule has 4 heterocycles. The standard InChI is InChI=1S/C34H40ClN9O3/c35-26-8-4-9-27(20-26)40-33(45)31(24-6-2-1-3-7-24)47-34(46)30-32(36)38-22-29(41-30)25-21-39-44(23-25)28-10-16-42(17-11-28)14-5-15-43-18-12-37-13-19-43/h1-4,6-9,20-23,28,31,37H,5,10-19H2,(H2,36,38)(H,40,45)/t31-/m1/s1. The Hall–Kier alpha value is -4.36. The van der Waals surface area contributed by atoms with Crippen molar-refractivity contribution in [2.75, 3.05) is 63.4 Å². The smallest absolute Gasteiger partial charge is 0.361 e. The number of aromatic nitrogens is 4. The van der Waals surface area contributed by atoms with Crippen molar-refractivity contribution in [1.82, 2.24) is 34.9 Å². The van der Waals surface area contributed by atoms with Gasteiger partial charge in [-0.05, 0) is 50.6 Å². The summed E-state index contributed by atoms with van der Waals surface area (Å²) in [6, 6.07) is 15.7. The first-order chi connectivity index (χ1) is 22.9. The molecule has 4 N–H and O–H groups in total. The van der Waals surface area contributed by atoms with Gasteiger partial charge in [-0.2, -0.15) is 5.10 Å². The summed E-state index contributed by atoms with van der Waals surface area (Å²) in [7, 11) is 0. The van der Waals surface area contributed by atoms with Crippen molar-refractivity contribution in [2.45, 2.75) is 31.4 Å². The van der Waals surface area contributed by atoms with E-state index < -0.39 is 18.0 Å². The number of likely N-dealkylation sites (tertiary alicyclic amines) is 1. The molecule has 6 rings (SSSR count). The number of anilines is 2. The minimum absolute atomic E-state index is 0.0995. The Balaban J connectivity index is 1.09. The number of nitrogens with one attached hydrogen (secondary N) is 2. The predicted octanol–water partition coefficient (Wildman–Crippen LogP) is 4.04. The van der Waals surface area contributed by atoms with E-state index in [1.807, 2.05) is 16.9 Å². The van der Waals surface area contributed by atoms with Crippen molar-refractivity contribution in [1.29, 1.82) is 0 Å². The number of rotatable bonds is 11. The highest BCUT2D eigenvalue weighted by Gasteiger charge is 2.28. The largest absolute Gasteiger partial charge is 0.442 e. The third-order valence-corrected chi connectivity index (χ3v) is 8.87. The number of halogens is 1. The molecule has 246 valence electrons. The number of nitrogens with zero attached hydrogens (tertiary/aromatic N) is 6. The van der Waals surface area contributed by atoms with E-state index in [0.29, 0.717) is 27.5 Å². The van der Waals surface area contributed by atoms with E-state index in [1.165, 1.54) is 12.6 Å². The zero-order valence-corrected chi connectivity index (χ0v) is 27.0. The Morgan fingerprint density at radius 1 is 1.00 bits per heavy atom. The van der Waals surface area contributed by atoms with Gasteiger partial charge in [0.25, 0.3) is 5.91 Å². The lowest BCUT2D eigenvalue weighted by Gasteiger charge is -2.33. The van der Waals surface area contributed by atoms with Crippen LogP contribution < -0.4 is 16.4 Å². The molecule has 47 heavy (non-hydrogen) atoms. The van der Waals surface area contributed by atoms with Crippen molar-refractivity contribution in [3.05, 3.63) is 89.5 Å². The molecular weight excluding hydrogens is 618 g/mol. The molecule has 12 nitrogen and oxygen atoms in total. The van der Waals surface area contributed by atoms with E-state index in [1.54, 1.807) is 54.7 Å². The van der Waals surface area contributed by atoms with E-state index in [-0.39, 0.29) is 17.6 Å². The summed E-state index contributed by atoms with van der Waals surface area (Å²) in [6.45, 7) is 8.80. The average Bonchev–Trinajstić information content (AvgIpc) is 3.59. The lowest BCUT2D eigenvalue weighted by molar-refractivity contribution is -0.125. The van der Waals surface area contributed by atoms with Gasteiger partial charge in [0, 0.05) is 67.3 Å². The number of hydrogen-bond acceptors (Lipinski definition) is 10. The van der Waals surface area contributed by atoms with Gasteiger partial charge in [-0.3, -0.25) is 9.48 Å². The maximum absolute atomic E-state index is 13.5. The van der Waals surface area contributed by atoms with Crippen molar-refractivity contribution in [2.24, 2.45) is 0 Å². The number of carbonyl (C=O) groups is 2. The van der Waals surface area contributed by atoms with E-state index in [4.69, 9.17) is 22.1 Å². The number of piperazine rings is 1. The highest BCUT2D eigenvalue weighted by Crippen LogP contribution is 2.27. The quantitative estimate of drug-likeness (QED) is 0.202. The molecule has 0 aliphatic carbocycles. The van der Waals surface area contributed by atoms with Crippen molar-refractivity contribution >= 4 is 35.0 Å². The fraction of sp³-hybridized carbons (Fsp3) is 0.382. The second kappa shape index (κ2) is 15.5. The second-order valence-corrected chi connectivity index (χ2v) is 12.3. The molecule has 4 aromatic rings.